The molecule has 0 amide bonds. The fourth-order valence-electron chi connectivity index (χ4n) is 3.83. The number of rotatable bonds is 6. The summed E-state index contributed by atoms with van der Waals surface area (Å²) in [6.45, 7) is 3.72. The topological polar surface area (TPSA) is 79.1 Å². The van der Waals surface area contributed by atoms with Gasteiger partial charge in [0.25, 0.3) is 5.56 Å². The van der Waals surface area contributed by atoms with E-state index in [1.54, 1.807) is 44.8 Å². The summed E-state index contributed by atoms with van der Waals surface area (Å²) in [5.74, 6) is 0.547. The molecule has 7 nitrogen and oxygen atoms in total. The molecule has 1 aliphatic heterocycles. The van der Waals surface area contributed by atoms with Crippen LogP contribution in [0.1, 0.15) is 31.0 Å². The van der Waals surface area contributed by atoms with Gasteiger partial charge in [-0.25, -0.2) is 9.79 Å². The summed E-state index contributed by atoms with van der Waals surface area (Å²) in [6.07, 6.45) is 1.83. The number of ether oxygens (including phenoxy) is 3. The predicted molar refractivity (Wildman–Crippen MR) is 126 cm³/mol. The Kier molecular flexibility index (Phi) is 6.46. The predicted octanol–water partition coefficient (Wildman–Crippen LogP) is 2.82. The average Bonchev–Trinajstić information content (AvgIpc) is 3.12. The molecule has 2 heterocycles. The second-order valence-electron chi connectivity index (χ2n) is 7.33. The van der Waals surface area contributed by atoms with Gasteiger partial charge in [-0.15, -0.1) is 0 Å². The normalized spacial score (nSPS) is 15.6. The van der Waals surface area contributed by atoms with Gasteiger partial charge in [-0.3, -0.25) is 9.36 Å². The maximum absolute atomic E-state index is 13.6. The van der Waals surface area contributed by atoms with E-state index in [0.717, 1.165) is 5.56 Å². The van der Waals surface area contributed by atoms with Crippen LogP contribution in [0.3, 0.4) is 0 Å². The van der Waals surface area contributed by atoms with Crippen LogP contribution in [0.4, 0.5) is 0 Å². The number of thiazole rings is 1. The molecule has 0 bridgehead atoms. The number of hydrogen-bond acceptors (Lipinski definition) is 7. The van der Waals surface area contributed by atoms with E-state index < -0.39 is 12.0 Å². The zero-order valence-electron chi connectivity index (χ0n) is 18.8. The van der Waals surface area contributed by atoms with E-state index in [9.17, 15) is 9.59 Å². The van der Waals surface area contributed by atoms with E-state index in [2.05, 4.69) is 4.99 Å². The molecule has 1 aromatic heterocycles. The van der Waals surface area contributed by atoms with Gasteiger partial charge < -0.3 is 14.2 Å². The minimum atomic E-state index is -0.710. The molecule has 2 aromatic carbocycles. The molecule has 0 fully saturated rings. The largest absolute Gasteiger partial charge is 0.493 e. The minimum absolute atomic E-state index is 0.215. The van der Waals surface area contributed by atoms with E-state index in [-0.39, 0.29) is 12.2 Å². The molecule has 0 aliphatic carbocycles. The van der Waals surface area contributed by atoms with Gasteiger partial charge in [0.05, 0.1) is 42.7 Å². The number of allylic oxidation sites excluding steroid dienone is 1. The minimum Gasteiger partial charge on any atom is -0.493 e. The van der Waals surface area contributed by atoms with Crippen LogP contribution in [0.2, 0.25) is 0 Å². The Hall–Kier alpha value is -3.65. The summed E-state index contributed by atoms with van der Waals surface area (Å²) in [5.41, 5.74) is 2.21. The lowest BCUT2D eigenvalue weighted by Crippen LogP contribution is -2.39. The van der Waals surface area contributed by atoms with Gasteiger partial charge in [0.1, 0.15) is 0 Å². The van der Waals surface area contributed by atoms with Crippen molar-refractivity contribution in [2.45, 2.75) is 19.9 Å². The summed E-state index contributed by atoms with van der Waals surface area (Å²) in [7, 11) is 3.10. The molecule has 0 saturated carbocycles. The Morgan fingerprint density at radius 3 is 2.52 bits per heavy atom. The van der Waals surface area contributed by atoms with Crippen LogP contribution in [0.15, 0.2) is 69.6 Å². The molecule has 0 N–H and O–H groups in total. The summed E-state index contributed by atoms with van der Waals surface area (Å²) in [5, 5.41) is 0. The zero-order chi connectivity index (χ0) is 23.5. The fraction of sp³-hybridized carbons (Fsp3) is 0.240. The maximum atomic E-state index is 13.6. The second kappa shape index (κ2) is 9.46. The van der Waals surface area contributed by atoms with Crippen molar-refractivity contribution in [3.8, 4) is 11.5 Å². The Morgan fingerprint density at radius 1 is 1.12 bits per heavy atom. The van der Waals surface area contributed by atoms with E-state index in [1.807, 2.05) is 42.5 Å². The van der Waals surface area contributed by atoms with Crippen LogP contribution in [0.25, 0.3) is 6.08 Å². The number of aromatic nitrogens is 1. The van der Waals surface area contributed by atoms with Gasteiger partial charge in [0.2, 0.25) is 0 Å². The van der Waals surface area contributed by atoms with Crippen molar-refractivity contribution in [1.29, 1.82) is 0 Å². The molecule has 0 radical (unpaired) electrons. The Morgan fingerprint density at radius 2 is 1.85 bits per heavy atom. The van der Waals surface area contributed by atoms with Crippen molar-refractivity contribution in [3.05, 3.63) is 90.6 Å². The highest BCUT2D eigenvalue weighted by molar-refractivity contribution is 7.07. The van der Waals surface area contributed by atoms with Gasteiger partial charge in [0, 0.05) is 0 Å². The van der Waals surface area contributed by atoms with Crippen molar-refractivity contribution in [3.63, 3.8) is 0 Å². The van der Waals surface area contributed by atoms with Crippen molar-refractivity contribution >= 4 is 23.4 Å². The Labute approximate surface area is 194 Å². The van der Waals surface area contributed by atoms with Gasteiger partial charge >= 0.3 is 5.97 Å². The third-order valence-corrected chi connectivity index (χ3v) is 6.32. The molecule has 170 valence electrons. The van der Waals surface area contributed by atoms with Crippen molar-refractivity contribution in [1.82, 2.24) is 4.57 Å². The summed E-state index contributed by atoms with van der Waals surface area (Å²) >= 11 is 1.29. The summed E-state index contributed by atoms with van der Waals surface area (Å²) in [6, 6.07) is 14.2. The number of fused-ring (bicyclic) bond motifs is 1. The second-order valence-corrected chi connectivity index (χ2v) is 8.34. The standard InChI is InChI=1S/C25H24N2O5S/c1-5-32-24(29)21-15(2)26-25-27(22(21)17-11-12-18(30-3)19(14-17)31-4)23(28)20(33-25)13-16-9-7-6-8-10-16/h6-14,22H,5H2,1-4H3/t22-/m1/s1. The Bertz CT molecular complexity index is 1400. The van der Waals surface area contributed by atoms with E-state index in [4.69, 9.17) is 14.2 Å². The molecule has 0 spiro atoms. The number of hydrogen-bond donors (Lipinski definition) is 0. The lowest BCUT2D eigenvalue weighted by Gasteiger charge is -2.25. The first-order valence-electron chi connectivity index (χ1n) is 10.4. The average molecular weight is 465 g/mol. The van der Waals surface area contributed by atoms with Gasteiger partial charge in [-0.2, -0.15) is 0 Å². The SMILES string of the molecule is CCOC(=O)C1=C(C)N=c2sc(=Cc3ccccc3)c(=O)n2[C@@H]1c1ccc(OC)c(OC)c1. The fourth-order valence-corrected chi connectivity index (χ4v) is 4.88. The number of benzene rings is 2. The lowest BCUT2D eigenvalue weighted by atomic mass is 9.95. The van der Waals surface area contributed by atoms with Crippen LogP contribution in [-0.2, 0) is 9.53 Å². The van der Waals surface area contributed by atoms with Crippen molar-refractivity contribution < 1.29 is 19.0 Å². The monoisotopic (exact) mass is 464 g/mol. The summed E-state index contributed by atoms with van der Waals surface area (Å²) in [4.78, 5) is 31.6. The van der Waals surface area contributed by atoms with Gasteiger partial charge in [0.15, 0.2) is 16.3 Å². The quantitative estimate of drug-likeness (QED) is 0.524. The molecular formula is C25H24N2O5S. The summed E-state index contributed by atoms with van der Waals surface area (Å²) < 4.78 is 18.2. The third kappa shape index (κ3) is 4.21. The van der Waals surface area contributed by atoms with Crippen LogP contribution >= 0.6 is 11.3 Å². The van der Waals surface area contributed by atoms with E-state index >= 15 is 0 Å². The first-order chi connectivity index (χ1) is 16.0. The lowest BCUT2D eigenvalue weighted by molar-refractivity contribution is -0.139. The van der Waals surface area contributed by atoms with Gasteiger partial charge in [-0.05, 0) is 43.2 Å². The third-order valence-electron chi connectivity index (χ3n) is 5.34. The number of nitrogens with zero attached hydrogens (tertiary/aromatic N) is 2. The molecule has 8 heteroatoms. The molecule has 4 rings (SSSR count). The number of methoxy groups -OCH3 is 2. The molecule has 0 unspecified atom stereocenters. The zero-order valence-corrected chi connectivity index (χ0v) is 19.6. The van der Waals surface area contributed by atoms with Crippen molar-refractivity contribution in [2.75, 3.05) is 20.8 Å². The maximum Gasteiger partial charge on any atom is 0.338 e. The number of esters is 1. The van der Waals surface area contributed by atoms with Crippen LogP contribution in [0.5, 0.6) is 11.5 Å². The highest BCUT2D eigenvalue weighted by atomic mass is 32.1. The Balaban J connectivity index is 1.98. The molecule has 1 atom stereocenters. The highest BCUT2D eigenvalue weighted by Crippen LogP contribution is 2.36. The highest BCUT2D eigenvalue weighted by Gasteiger charge is 2.33. The molecule has 0 saturated heterocycles. The molecule has 33 heavy (non-hydrogen) atoms. The first kappa shape index (κ1) is 22.5. The number of carbonyl (C=O) groups excluding carboxylic acids is 1. The van der Waals surface area contributed by atoms with E-state index in [1.165, 1.54) is 11.3 Å². The van der Waals surface area contributed by atoms with Crippen molar-refractivity contribution in [2.24, 2.45) is 4.99 Å². The first-order valence-corrected chi connectivity index (χ1v) is 11.3. The number of carbonyl (C=O) groups is 1. The molecule has 1 aliphatic rings. The van der Waals surface area contributed by atoms with E-state index in [0.29, 0.717) is 37.7 Å². The molecule has 3 aromatic rings. The van der Waals surface area contributed by atoms with Gasteiger partial charge in [-0.1, -0.05) is 47.7 Å². The van der Waals surface area contributed by atoms with Crippen LogP contribution in [0, 0.1) is 0 Å². The van der Waals surface area contributed by atoms with Crippen LogP contribution in [-0.4, -0.2) is 31.4 Å². The van der Waals surface area contributed by atoms with Crippen LogP contribution < -0.4 is 24.4 Å². The molecular weight excluding hydrogens is 440 g/mol. The smallest absolute Gasteiger partial charge is 0.338 e.